The molecule has 128 valence electrons. The van der Waals surface area contributed by atoms with Crippen molar-refractivity contribution < 1.29 is 4.79 Å². The predicted octanol–water partition coefficient (Wildman–Crippen LogP) is 4.43. The first-order valence-electron chi connectivity index (χ1n) is 8.72. The molecule has 4 rings (SSSR count). The van der Waals surface area contributed by atoms with Gasteiger partial charge in [-0.25, -0.2) is 0 Å². The van der Waals surface area contributed by atoms with E-state index in [4.69, 9.17) is 0 Å². The van der Waals surface area contributed by atoms with Crippen LogP contribution in [0.15, 0.2) is 58.9 Å². The van der Waals surface area contributed by atoms with Gasteiger partial charge >= 0.3 is 0 Å². The molecule has 0 bridgehead atoms. The van der Waals surface area contributed by atoms with Crippen molar-refractivity contribution in [2.24, 2.45) is 10.3 Å². The molecule has 2 aromatic rings. The second kappa shape index (κ2) is 5.99. The lowest BCUT2D eigenvalue weighted by molar-refractivity contribution is -0.116. The maximum atomic E-state index is 12.4. The molecule has 2 heterocycles. The van der Waals surface area contributed by atoms with Gasteiger partial charge in [-0.1, -0.05) is 47.7 Å². The van der Waals surface area contributed by atoms with E-state index in [1.54, 1.807) is 6.92 Å². The van der Waals surface area contributed by atoms with Gasteiger partial charge in [-0.2, -0.15) is 5.11 Å². The monoisotopic (exact) mass is 334 g/mol. The van der Waals surface area contributed by atoms with E-state index in [1.807, 2.05) is 29.2 Å². The molecule has 2 unspecified atom stereocenters. The molecule has 0 saturated carbocycles. The van der Waals surface area contributed by atoms with Gasteiger partial charge in [0.15, 0.2) is 0 Å². The van der Waals surface area contributed by atoms with Gasteiger partial charge in [0.25, 0.3) is 0 Å². The number of hydrogen-bond donors (Lipinski definition) is 0. The highest BCUT2D eigenvalue weighted by atomic mass is 16.2. The van der Waals surface area contributed by atoms with Crippen molar-refractivity contribution in [2.45, 2.75) is 45.4 Å². The molecular weight excluding hydrogens is 312 g/mol. The Balaban J connectivity index is 1.95. The van der Waals surface area contributed by atoms with Crippen molar-refractivity contribution in [3.63, 3.8) is 0 Å². The van der Waals surface area contributed by atoms with Crippen LogP contribution in [0, 0.1) is 0 Å². The van der Waals surface area contributed by atoms with Crippen molar-refractivity contribution >= 4 is 11.6 Å². The van der Waals surface area contributed by atoms with Crippen LogP contribution in [0.25, 0.3) is 0 Å². The fourth-order valence-corrected chi connectivity index (χ4v) is 3.83. The van der Waals surface area contributed by atoms with Crippen molar-refractivity contribution in [1.82, 2.24) is 5.01 Å². The maximum Gasteiger partial charge on any atom is 0.224 e. The summed E-state index contributed by atoms with van der Waals surface area (Å²) < 4.78 is 0. The van der Waals surface area contributed by atoms with Crippen LogP contribution in [0.4, 0.5) is 5.69 Å². The summed E-state index contributed by atoms with van der Waals surface area (Å²) in [6, 6.07) is 16.6. The molecule has 2 aliphatic rings. The fraction of sp³-hybridized carbons (Fsp3) is 0.350. The van der Waals surface area contributed by atoms with E-state index >= 15 is 0 Å². The summed E-state index contributed by atoms with van der Waals surface area (Å²) in [4.78, 5) is 14.2. The van der Waals surface area contributed by atoms with Crippen LogP contribution >= 0.6 is 0 Å². The third-order valence-electron chi connectivity index (χ3n) is 5.02. The van der Waals surface area contributed by atoms with Crippen LogP contribution in [0.2, 0.25) is 0 Å². The van der Waals surface area contributed by atoms with Gasteiger partial charge in [0, 0.05) is 24.2 Å². The molecule has 0 saturated heterocycles. The standard InChI is InChI=1S/C20H22N4O/c1-13(2)24-20-16-9-5-4-8-15(16)12-23(14(3)25)18-11-7-6-10-17(18)19(20)21-22-24/h4-11,13,19-20H,12H2,1-3H3. The van der Waals surface area contributed by atoms with Crippen molar-refractivity contribution in [2.75, 3.05) is 4.90 Å². The van der Waals surface area contributed by atoms with Crippen molar-refractivity contribution in [3.05, 3.63) is 65.2 Å². The number of para-hydroxylation sites is 1. The van der Waals surface area contributed by atoms with Crippen LogP contribution in [0.3, 0.4) is 0 Å². The molecule has 25 heavy (non-hydrogen) atoms. The number of carbonyl (C=O) groups is 1. The largest absolute Gasteiger partial charge is 0.308 e. The molecule has 0 fully saturated rings. The molecule has 2 atom stereocenters. The normalized spacial score (nSPS) is 21.4. The molecule has 0 aromatic heterocycles. The summed E-state index contributed by atoms with van der Waals surface area (Å²) in [7, 11) is 0. The second-order valence-corrected chi connectivity index (χ2v) is 6.93. The van der Waals surface area contributed by atoms with Crippen LogP contribution in [-0.4, -0.2) is 17.0 Å². The summed E-state index contributed by atoms with van der Waals surface area (Å²) in [6.45, 7) is 6.46. The molecule has 0 aliphatic carbocycles. The third-order valence-corrected chi connectivity index (χ3v) is 5.02. The minimum Gasteiger partial charge on any atom is -0.308 e. The summed E-state index contributed by atoms with van der Waals surface area (Å²) in [5, 5.41) is 11.2. The first-order valence-corrected chi connectivity index (χ1v) is 8.72. The third kappa shape index (κ3) is 2.51. The van der Waals surface area contributed by atoms with E-state index in [9.17, 15) is 4.79 Å². The molecule has 2 aromatic carbocycles. The van der Waals surface area contributed by atoms with Gasteiger partial charge < -0.3 is 4.90 Å². The quantitative estimate of drug-likeness (QED) is 0.775. The number of rotatable bonds is 1. The van der Waals surface area contributed by atoms with E-state index in [0.717, 1.165) is 16.8 Å². The highest BCUT2D eigenvalue weighted by molar-refractivity contribution is 5.92. The Labute approximate surface area is 147 Å². The highest BCUT2D eigenvalue weighted by Gasteiger charge is 2.40. The van der Waals surface area contributed by atoms with Crippen LogP contribution in [0.1, 0.15) is 49.5 Å². The SMILES string of the molecule is CC(=O)N1Cc2ccccc2C2C(N=NN2C(C)C)c2ccccc21. The Kier molecular flexibility index (Phi) is 3.79. The number of benzene rings is 2. The Morgan fingerprint density at radius 3 is 2.48 bits per heavy atom. The molecule has 0 radical (unpaired) electrons. The lowest BCUT2D eigenvalue weighted by atomic mass is 9.87. The van der Waals surface area contributed by atoms with E-state index in [-0.39, 0.29) is 24.0 Å². The van der Waals surface area contributed by atoms with Crippen LogP contribution in [-0.2, 0) is 11.3 Å². The van der Waals surface area contributed by atoms with Gasteiger partial charge in [0.2, 0.25) is 5.91 Å². The zero-order valence-electron chi connectivity index (χ0n) is 14.8. The molecular formula is C20H22N4O. The number of amides is 1. The maximum absolute atomic E-state index is 12.4. The van der Waals surface area contributed by atoms with Gasteiger partial charge in [-0.15, -0.1) is 0 Å². The van der Waals surface area contributed by atoms with E-state index in [0.29, 0.717) is 6.54 Å². The average Bonchev–Trinajstić information content (AvgIpc) is 3.03. The number of anilines is 1. The lowest BCUT2D eigenvalue weighted by Gasteiger charge is -2.35. The Bertz CT molecular complexity index is 845. The molecule has 1 amide bonds. The number of hydrogen-bond acceptors (Lipinski definition) is 4. The van der Waals surface area contributed by atoms with Crippen LogP contribution in [0.5, 0.6) is 0 Å². The zero-order valence-corrected chi connectivity index (χ0v) is 14.8. The lowest BCUT2D eigenvalue weighted by Crippen LogP contribution is -2.35. The van der Waals surface area contributed by atoms with Crippen molar-refractivity contribution in [3.8, 4) is 0 Å². The Morgan fingerprint density at radius 2 is 1.76 bits per heavy atom. The highest BCUT2D eigenvalue weighted by Crippen LogP contribution is 2.48. The zero-order chi connectivity index (χ0) is 17.6. The van der Waals surface area contributed by atoms with E-state index in [2.05, 4.69) is 53.5 Å². The topological polar surface area (TPSA) is 48.3 Å². The summed E-state index contributed by atoms with van der Waals surface area (Å²) >= 11 is 0. The number of nitrogens with zero attached hydrogens (tertiary/aromatic N) is 4. The summed E-state index contributed by atoms with van der Waals surface area (Å²) in [6.07, 6.45) is 0. The van der Waals surface area contributed by atoms with Crippen LogP contribution < -0.4 is 4.90 Å². The molecule has 0 N–H and O–H groups in total. The first-order chi connectivity index (χ1) is 12.1. The van der Waals surface area contributed by atoms with Gasteiger partial charge in [0.05, 0.1) is 6.54 Å². The number of carbonyl (C=O) groups excluding carboxylic acids is 1. The van der Waals surface area contributed by atoms with Gasteiger partial charge in [0.1, 0.15) is 12.1 Å². The molecule has 2 aliphatic heterocycles. The minimum absolute atomic E-state index is 0.0383. The molecule has 0 spiro atoms. The van der Waals surface area contributed by atoms with Crippen molar-refractivity contribution in [1.29, 1.82) is 0 Å². The Morgan fingerprint density at radius 1 is 1.08 bits per heavy atom. The number of fused-ring (bicyclic) bond motifs is 5. The predicted molar refractivity (Wildman–Crippen MR) is 97.1 cm³/mol. The molecule has 5 nitrogen and oxygen atoms in total. The first kappa shape index (κ1) is 15.8. The minimum atomic E-state index is -0.109. The van der Waals surface area contributed by atoms with Gasteiger partial charge in [-0.3, -0.25) is 9.80 Å². The van der Waals surface area contributed by atoms with Gasteiger partial charge in [-0.05, 0) is 31.0 Å². The molecule has 5 heteroatoms. The second-order valence-electron chi connectivity index (χ2n) is 6.93. The smallest absolute Gasteiger partial charge is 0.224 e. The summed E-state index contributed by atoms with van der Waals surface area (Å²) in [5.41, 5.74) is 4.35. The van der Waals surface area contributed by atoms with E-state index < -0.39 is 0 Å². The average molecular weight is 334 g/mol. The van der Waals surface area contributed by atoms with E-state index in [1.165, 1.54) is 5.56 Å². The fourth-order valence-electron chi connectivity index (χ4n) is 3.83. The summed E-state index contributed by atoms with van der Waals surface area (Å²) in [5.74, 6) is 0.0383. The Hall–Kier alpha value is -2.69.